The molecule has 2 fully saturated rings. The highest BCUT2D eigenvalue weighted by Crippen LogP contribution is 2.61. The van der Waals surface area contributed by atoms with E-state index >= 15 is 0 Å². The first-order valence-electron chi connectivity index (χ1n) is 4.68. The van der Waals surface area contributed by atoms with Crippen molar-refractivity contribution in [2.75, 3.05) is 19.6 Å². The molecule has 0 aromatic heterocycles. The highest BCUT2D eigenvalue weighted by atomic mass is 79.9. The standard InChI is InChI=1S/C9H14BrF2N/c1-9-2-3-13(5-7(11)12)4-6(9)8(9)10/h6-8H,2-5H2,1H3. The molecule has 1 aliphatic carbocycles. The lowest BCUT2D eigenvalue weighted by molar-refractivity contribution is 0.0691. The Kier molecular flexibility index (Phi) is 2.39. The average Bonchev–Trinajstić information content (AvgIpc) is 2.56. The van der Waals surface area contributed by atoms with Crippen molar-refractivity contribution >= 4 is 15.9 Å². The van der Waals surface area contributed by atoms with Gasteiger partial charge in [-0.1, -0.05) is 22.9 Å². The fourth-order valence-corrected chi connectivity index (χ4v) is 3.54. The van der Waals surface area contributed by atoms with E-state index in [0.29, 0.717) is 16.2 Å². The summed E-state index contributed by atoms with van der Waals surface area (Å²) in [6.07, 6.45) is -1.13. The first-order chi connectivity index (χ1) is 6.04. The van der Waals surface area contributed by atoms with Crippen LogP contribution in [0.3, 0.4) is 0 Å². The van der Waals surface area contributed by atoms with E-state index in [4.69, 9.17) is 0 Å². The molecule has 0 radical (unpaired) electrons. The number of alkyl halides is 3. The zero-order valence-corrected chi connectivity index (χ0v) is 9.23. The van der Waals surface area contributed by atoms with Crippen LogP contribution in [0.25, 0.3) is 0 Å². The molecule has 0 aromatic rings. The van der Waals surface area contributed by atoms with Gasteiger partial charge in [0.05, 0.1) is 6.54 Å². The molecular weight excluding hydrogens is 240 g/mol. The van der Waals surface area contributed by atoms with Crippen LogP contribution in [0.4, 0.5) is 8.78 Å². The third-order valence-electron chi connectivity index (χ3n) is 3.54. The van der Waals surface area contributed by atoms with Gasteiger partial charge >= 0.3 is 0 Å². The first kappa shape index (κ1) is 9.84. The van der Waals surface area contributed by atoms with E-state index in [0.717, 1.165) is 19.5 Å². The van der Waals surface area contributed by atoms with E-state index in [9.17, 15) is 8.78 Å². The van der Waals surface area contributed by atoms with Gasteiger partial charge in [-0.2, -0.15) is 0 Å². The molecule has 1 saturated carbocycles. The predicted molar refractivity (Wildman–Crippen MR) is 51.4 cm³/mol. The molecule has 0 N–H and O–H groups in total. The number of halogens is 3. The summed E-state index contributed by atoms with van der Waals surface area (Å²) in [5, 5.41) is 0. The number of fused-ring (bicyclic) bond motifs is 1. The summed E-state index contributed by atoms with van der Waals surface area (Å²) < 4.78 is 24.2. The number of hydrogen-bond donors (Lipinski definition) is 0. The Labute approximate surface area is 85.6 Å². The molecule has 1 aliphatic heterocycles. The van der Waals surface area contributed by atoms with Crippen LogP contribution in [-0.2, 0) is 0 Å². The number of likely N-dealkylation sites (tertiary alicyclic amines) is 1. The third-order valence-corrected chi connectivity index (χ3v) is 5.22. The molecular formula is C9H14BrF2N. The molecule has 3 unspecified atom stereocenters. The quantitative estimate of drug-likeness (QED) is 0.684. The highest BCUT2D eigenvalue weighted by molar-refractivity contribution is 9.09. The van der Waals surface area contributed by atoms with Crippen molar-refractivity contribution in [2.45, 2.75) is 24.6 Å². The van der Waals surface area contributed by atoms with Gasteiger partial charge in [0.1, 0.15) is 0 Å². The largest absolute Gasteiger partial charge is 0.297 e. The van der Waals surface area contributed by atoms with Crippen molar-refractivity contribution in [3.8, 4) is 0 Å². The SMILES string of the molecule is CC12CCN(CC(F)F)CC1C2Br. The van der Waals surface area contributed by atoms with E-state index in [1.807, 2.05) is 4.90 Å². The van der Waals surface area contributed by atoms with E-state index < -0.39 is 6.43 Å². The minimum absolute atomic E-state index is 0.0493. The predicted octanol–water partition coefficient (Wildman–Crippen LogP) is 2.36. The molecule has 0 aromatic carbocycles. The summed E-state index contributed by atoms with van der Waals surface area (Å²) in [5.41, 5.74) is 0.401. The van der Waals surface area contributed by atoms with Crippen molar-refractivity contribution in [1.29, 1.82) is 0 Å². The van der Waals surface area contributed by atoms with Gasteiger partial charge in [-0.3, -0.25) is 4.90 Å². The van der Waals surface area contributed by atoms with Crippen molar-refractivity contribution in [2.24, 2.45) is 11.3 Å². The maximum atomic E-state index is 12.1. The van der Waals surface area contributed by atoms with Crippen LogP contribution in [0, 0.1) is 11.3 Å². The zero-order valence-electron chi connectivity index (χ0n) is 7.64. The Balaban J connectivity index is 1.87. The summed E-state index contributed by atoms with van der Waals surface area (Å²) in [6, 6.07) is 0. The van der Waals surface area contributed by atoms with Crippen molar-refractivity contribution in [3.05, 3.63) is 0 Å². The summed E-state index contributed by atoms with van der Waals surface area (Å²) in [6.45, 7) is 3.87. The fourth-order valence-electron chi connectivity index (χ4n) is 2.35. The summed E-state index contributed by atoms with van der Waals surface area (Å²) in [4.78, 5) is 2.45. The lowest BCUT2D eigenvalue weighted by Gasteiger charge is -2.28. The molecule has 2 aliphatic rings. The van der Waals surface area contributed by atoms with E-state index in [-0.39, 0.29) is 6.54 Å². The molecule has 1 heterocycles. The number of hydrogen-bond acceptors (Lipinski definition) is 1. The minimum Gasteiger partial charge on any atom is -0.297 e. The maximum Gasteiger partial charge on any atom is 0.251 e. The molecule has 76 valence electrons. The van der Waals surface area contributed by atoms with Gasteiger partial charge in [-0.15, -0.1) is 0 Å². The van der Waals surface area contributed by atoms with Crippen LogP contribution in [0.2, 0.25) is 0 Å². The lowest BCUT2D eigenvalue weighted by atomic mass is 9.98. The Morgan fingerprint density at radius 1 is 1.62 bits per heavy atom. The van der Waals surface area contributed by atoms with Crippen LogP contribution in [0.5, 0.6) is 0 Å². The zero-order chi connectivity index (χ0) is 9.64. The molecule has 0 bridgehead atoms. The van der Waals surface area contributed by atoms with Gasteiger partial charge in [-0.05, 0) is 24.3 Å². The van der Waals surface area contributed by atoms with Crippen LogP contribution < -0.4 is 0 Å². The Morgan fingerprint density at radius 2 is 2.31 bits per heavy atom. The summed E-state index contributed by atoms with van der Waals surface area (Å²) in [5.74, 6) is 0.597. The minimum atomic E-state index is -2.18. The molecule has 4 heteroatoms. The second kappa shape index (κ2) is 3.16. The third kappa shape index (κ3) is 1.63. The van der Waals surface area contributed by atoms with E-state index in [1.54, 1.807) is 0 Å². The smallest absolute Gasteiger partial charge is 0.251 e. The van der Waals surface area contributed by atoms with E-state index in [2.05, 4.69) is 22.9 Å². The normalized spacial score (nSPS) is 45.0. The second-order valence-electron chi connectivity index (χ2n) is 4.41. The fraction of sp³-hybridized carbons (Fsp3) is 1.00. The molecule has 2 rings (SSSR count). The number of nitrogens with zero attached hydrogens (tertiary/aromatic N) is 1. The van der Waals surface area contributed by atoms with Gasteiger partial charge in [0.25, 0.3) is 6.43 Å². The van der Waals surface area contributed by atoms with Gasteiger partial charge in [-0.25, -0.2) is 8.78 Å². The summed E-state index contributed by atoms with van der Waals surface area (Å²) in [7, 11) is 0. The van der Waals surface area contributed by atoms with Crippen LogP contribution in [-0.4, -0.2) is 35.8 Å². The Hall–Kier alpha value is 0.300. The summed E-state index contributed by atoms with van der Waals surface area (Å²) >= 11 is 3.61. The van der Waals surface area contributed by atoms with Crippen LogP contribution >= 0.6 is 15.9 Å². The molecule has 3 atom stereocenters. The lowest BCUT2D eigenvalue weighted by Crippen LogP contribution is -2.37. The van der Waals surface area contributed by atoms with Crippen molar-refractivity contribution in [3.63, 3.8) is 0 Å². The molecule has 1 nitrogen and oxygen atoms in total. The van der Waals surface area contributed by atoms with Crippen molar-refractivity contribution in [1.82, 2.24) is 4.90 Å². The Morgan fingerprint density at radius 3 is 2.85 bits per heavy atom. The highest BCUT2D eigenvalue weighted by Gasteiger charge is 2.61. The average molecular weight is 254 g/mol. The molecule has 0 spiro atoms. The van der Waals surface area contributed by atoms with Gasteiger partial charge in [0.15, 0.2) is 0 Å². The number of piperidine rings is 1. The first-order valence-corrected chi connectivity index (χ1v) is 5.60. The monoisotopic (exact) mass is 253 g/mol. The van der Waals surface area contributed by atoms with Gasteiger partial charge in [0, 0.05) is 11.4 Å². The van der Waals surface area contributed by atoms with Crippen molar-refractivity contribution < 1.29 is 8.78 Å². The molecule has 13 heavy (non-hydrogen) atoms. The van der Waals surface area contributed by atoms with E-state index in [1.165, 1.54) is 0 Å². The topological polar surface area (TPSA) is 3.24 Å². The van der Waals surface area contributed by atoms with Gasteiger partial charge < -0.3 is 0 Å². The van der Waals surface area contributed by atoms with Gasteiger partial charge in [0.2, 0.25) is 0 Å². The maximum absolute atomic E-state index is 12.1. The van der Waals surface area contributed by atoms with Crippen LogP contribution in [0.15, 0.2) is 0 Å². The second-order valence-corrected chi connectivity index (χ2v) is 5.40. The molecule has 0 amide bonds. The van der Waals surface area contributed by atoms with Crippen LogP contribution in [0.1, 0.15) is 13.3 Å². The molecule has 1 saturated heterocycles. The number of rotatable bonds is 2. The Bertz CT molecular complexity index is 212.